The van der Waals surface area contributed by atoms with Crippen LogP contribution in [0.5, 0.6) is 0 Å². The lowest BCUT2D eigenvalue weighted by atomic mass is 9.89. The van der Waals surface area contributed by atoms with Gasteiger partial charge in [-0.1, -0.05) is 176 Å². The maximum absolute atomic E-state index is 2.36. The lowest BCUT2D eigenvalue weighted by Crippen LogP contribution is -2.09. The first-order valence-corrected chi connectivity index (χ1v) is 17.5. The number of nitrogens with zero attached hydrogens (tertiary/aromatic N) is 1. The molecule has 0 amide bonds. The van der Waals surface area contributed by atoms with Gasteiger partial charge < -0.3 is 4.90 Å². The molecule has 0 aromatic heterocycles. The molecule has 0 bridgehead atoms. The monoisotopic (exact) mass is 649 g/mol. The van der Waals surface area contributed by atoms with Crippen molar-refractivity contribution in [3.63, 3.8) is 0 Å². The lowest BCUT2D eigenvalue weighted by molar-refractivity contribution is 1.29. The zero-order valence-corrected chi connectivity index (χ0v) is 28.2. The predicted molar refractivity (Wildman–Crippen MR) is 218 cm³/mol. The van der Waals surface area contributed by atoms with Crippen LogP contribution < -0.4 is 4.90 Å². The molecule has 51 heavy (non-hydrogen) atoms. The van der Waals surface area contributed by atoms with Crippen LogP contribution in [0, 0.1) is 0 Å². The molecule has 0 atom stereocenters. The highest BCUT2D eigenvalue weighted by Gasteiger charge is 2.16. The van der Waals surface area contributed by atoms with Crippen molar-refractivity contribution < 1.29 is 0 Å². The van der Waals surface area contributed by atoms with E-state index in [1.165, 1.54) is 66.1 Å². The minimum atomic E-state index is 1.11. The summed E-state index contributed by atoms with van der Waals surface area (Å²) in [5.41, 5.74) is 13.1. The molecule has 9 aromatic rings. The summed E-state index contributed by atoms with van der Waals surface area (Å²) in [5, 5.41) is 4.94. The first-order chi connectivity index (χ1) is 25.3. The first kappa shape index (κ1) is 30.4. The van der Waals surface area contributed by atoms with Gasteiger partial charge in [0.1, 0.15) is 0 Å². The van der Waals surface area contributed by atoms with Gasteiger partial charge >= 0.3 is 0 Å². The summed E-state index contributed by atoms with van der Waals surface area (Å²) >= 11 is 0. The molecular weight excluding hydrogens is 615 g/mol. The van der Waals surface area contributed by atoms with Gasteiger partial charge in [0.25, 0.3) is 0 Å². The van der Waals surface area contributed by atoms with Gasteiger partial charge in [0.15, 0.2) is 0 Å². The normalized spacial score (nSPS) is 11.1. The average molecular weight is 650 g/mol. The summed E-state index contributed by atoms with van der Waals surface area (Å²) in [6.07, 6.45) is 0. The predicted octanol–water partition coefficient (Wildman–Crippen LogP) is 14.1. The number of rotatable bonds is 7. The molecule has 9 aromatic carbocycles. The second-order valence-electron chi connectivity index (χ2n) is 13.0. The van der Waals surface area contributed by atoms with Crippen LogP contribution >= 0.6 is 0 Å². The van der Waals surface area contributed by atoms with Gasteiger partial charge in [-0.05, 0) is 102 Å². The van der Waals surface area contributed by atoms with Gasteiger partial charge in [-0.15, -0.1) is 0 Å². The van der Waals surface area contributed by atoms with Crippen molar-refractivity contribution in [2.45, 2.75) is 0 Å². The van der Waals surface area contributed by atoms with E-state index in [-0.39, 0.29) is 0 Å². The zero-order valence-electron chi connectivity index (χ0n) is 28.2. The van der Waals surface area contributed by atoms with E-state index in [1.807, 2.05) is 0 Å². The van der Waals surface area contributed by atoms with E-state index in [0.29, 0.717) is 0 Å². The molecule has 0 fully saturated rings. The average Bonchev–Trinajstić information content (AvgIpc) is 3.22. The second kappa shape index (κ2) is 13.3. The minimum absolute atomic E-state index is 1.11. The van der Waals surface area contributed by atoms with E-state index >= 15 is 0 Å². The summed E-state index contributed by atoms with van der Waals surface area (Å²) in [6, 6.07) is 76.6. The van der Waals surface area contributed by atoms with Crippen LogP contribution in [0.4, 0.5) is 17.1 Å². The molecule has 1 nitrogen and oxygen atoms in total. The van der Waals surface area contributed by atoms with E-state index in [2.05, 4.69) is 217 Å². The Morgan fingerprint density at radius 1 is 0.255 bits per heavy atom. The summed E-state index contributed by atoms with van der Waals surface area (Å²) in [5.74, 6) is 0. The van der Waals surface area contributed by atoms with E-state index in [1.54, 1.807) is 0 Å². The van der Waals surface area contributed by atoms with Gasteiger partial charge in [-0.3, -0.25) is 0 Å². The SMILES string of the molecule is c1ccc(-c2ccc(-c3ccc(N(c4ccc(-c5c(-c6ccccc6)ccc6ccccc56)cc4)c4ccc5ccccc5c4)cc3)cc2)cc1. The zero-order chi connectivity index (χ0) is 34.0. The van der Waals surface area contributed by atoms with Crippen LogP contribution in [0.3, 0.4) is 0 Å². The summed E-state index contributed by atoms with van der Waals surface area (Å²) in [4.78, 5) is 2.36. The fourth-order valence-electron chi connectivity index (χ4n) is 7.27. The van der Waals surface area contributed by atoms with Crippen molar-refractivity contribution in [3.8, 4) is 44.5 Å². The number of hydrogen-bond donors (Lipinski definition) is 0. The molecule has 0 saturated heterocycles. The molecule has 0 aliphatic rings. The molecule has 0 spiro atoms. The highest BCUT2D eigenvalue weighted by molar-refractivity contribution is 6.04. The Morgan fingerprint density at radius 3 is 1.31 bits per heavy atom. The molecule has 0 radical (unpaired) electrons. The molecule has 0 N–H and O–H groups in total. The van der Waals surface area contributed by atoms with Crippen LogP contribution in [0.2, 0.25) is 0 Å². The van der Waals surface area contributed by atoms with E-state index in [9.17, 15) is 0 Å². The van der Waals surface area contributed by atoms with Crippen LogP contribution in [0.25, 0.3) is 66.1 Å². The van der Waals surface area contributed by atoms with Crippen molar-refractivity contribution in [2.75, 3.05) is 4.90 Å². The molecule has 9 rings (SSSR count). The van der Waals surface area contributed by atoms with Gasteiger partial charge in [-0.25, -0.2) is 0 Å². The van der Waals surface area contributed by atoms with Crippen LogP contribution in [0.1, 0.15) is 0 Å². The third-order valence-corrected chi connectivity index (χ3v) is 9.87. The van der Waals surface area contributed by atoms with E-state index < -0.39 is 0 Å². The topological polar surface area (TPSA) is 3.24 Å². The summed E-state index contributed by atoms with van der Waals surface area (Å²) in [6.45, 7) is 0. The van der Waals surface area contributed by atoms with Crippen molar-refractivity contribution >= 4 is 38.6 Å². The van der Waals surface area contributed by atoms with Crippen LogP contribution in [-0.2, 0) is 0 Å². The van der Waals surface area contributed by atoms with E-state index in [4.69, 9.17) is 0 Å². The number of fused-ring (bicyclic) bond motifs is 2. The Labute approximate surface area is 299 Å². The maximum atomic E-state index is 2.36. The fourth-order valence-corrected chi connectivity index (χ4v) is 7.27. The fraction of sp³-hybridized carbons (Fsp3) is 0. The quantitative estimate of drug-likeness (QED) is 0.166. The Balaban J connectivity index is 1.12. The van der Waals surface area contributed by atoms with E-state index in [0.717, 1.165) is 17.1 Å². The molecule has 1 heteroatoms. The maximum Gasteiger partial charge on any atom is 0.0468 e. The van der Waals surface area contributed by atoms with Crippen molar-refractivity contribution in [3.05, 3.63) is 212 Å². The smallest absolute Gasteiger partial charge is 0.0468 e. The van der Waals surface area contributed by atoms with Crippen LogP contribution in [-0.4, -0.2) is 0 Å². The Kier molecular flexibility index (Phi) is 7.92. The Bertz CT molecular complexity index is 2590. The highest BCUT2D eigenvalue weighted by Crippen LogP contribution is 2.41. The number of benzene rings is 9. The third-order valence-electron chi connectivity index (χ3n) is 9.87. The highest BCUT2D eigenvalue weighted by atomic mass is 15.1. The second-order valence-corrected chi connectivity index (χ2v) is 13.0. The van der Waals surface area contributed by atoms with Crippen LogP contribution in [0.15, 0.2) is 212 Å². The van der Waals surface area contributed by atoms with Gasteiger partial charge in [0.05, 0.1) is 0 Å². The molecule has 0 aliphatic carbocycles. The number of hydrogen-bond acceptors (Lipinski definition) is 1. The minimum Gasteiger partial charge on any atom is -0.310 e. The Morgan fingerprint density at radius 2 is 0.686 bits per heavy atom. The summed E-state index contributed by atoms with van der Waals surface area (Å²) < 4.78 is 0. The van der Waals surface area contributed by atoms with Crippen molar-refractivity contribution in [1.29, 1.82) is 0 Å². The number of anilines is 3. The van der Waals surface area contributed by atoms with Crippen molar-refractivity contribution in [2.24, 2.45) is 0 Å². The molecule has 0 heterocycles. The third kappa shape index (κ3) is 5.96. The molecule has 0 unspecified atom stereocenters. The van der Waals surface area contributed by atoms with Crippen molar-refractivity contribution in [1.82, 2.24) is 0 Å². The standard InChI is InChI=1S/C50H35N/c1-3-11-36(12-4-1)38-19-21-39(22-20-38)40-23-29-45(30-24-40)51(47-33-25-37-13-7-8-17-44(37)35-47)46-31-26-43(27-32-46)50-48-18-10-9-16-42(48)28-34-49(50)41-14-5-2-6-15-41/h1-35H. The first-order valence-electron chi connectivity index (χ1n) is 17.5. The molecule has 0 aliphatic heterocycles. The molecule has 0 saturated carbocycles. The van der Waals surface area contributed by atoms with Gasteiger partial charge in [0.2, 0.25) is 0 Å². The molecule has 240 valence electrons. The lowest BCUT2D eigenvalue weighted by Gasteiger charge is -2.26. The largest absolute Gasteiger partial charge is 0.310 e. The van der Waals surface area contributed by atoms with Gasteiger partial charge in [-0.2, -0.15) is 0 Å². The summed E-state index contributed by atoms with van der Waals surface area (Å²) in [7, 11) is 0. The van der Waals surface area contributed by atoms with Gasteiger partial charge in [0, 0.05) is 17.1 Å². The Hall–Kier alpha value is -6.70. The molecular formula is C50H35N.